The first-order valence-corrected chi connectivity index (χ1v) is 6.11. The summed E-state index contributed by atoms with van der Waals surface area (Å²) >= 11 is 3.50. The van der Waals surface area contributed by atoms with Crippen LogP contribution in [0.15, 0.2) is 35.1 Å². The first kappa shape index (κ1) is 11.3. The van der Waals surface area contributed by atoms with Gasteiger partial charge in [0.2, 0.25) is 0 Å². The highest BCUT2D eigenvalue weighted by Crippen LogP contribution is 2.27. The SMILES string of the molecule is CC[C@@H](c1cccc(Br)c1)c1nncn1C. The van der Waals surface area contributed by atoms with Crippen molar-refractivity contribution in [3.05, 3.63) is 46.5 Å². The van der Waals surface area contributed by atoms with Gasteiger partial charge >= 0.3 is 0 Å². The van der Waals surface area contributed by atoms with Crippen molar-refractivity contribution in [1.82, 2.24) is 14.8 Å². The van der Waals surface area contributed by atoms with Crippen LogP contribution in [-0.2, 0) is 7.05 Å². The number of hydrogen-bond acceptors (Lipinski definition) is 2. The van der Waals surface area contributed by atoms with E-state index in [1.807, 2.05) is 17.7 Å². The van der Waals surface area contributed by atoms with Crippen LogP contribution in [0, 0.1) is 0 Å². The number of hydrogen-bond donors (Lipinski definition) is 0. The van der Waals surface area contributed by atoms with Gasteiger partial charge in [-0.2, -0.15) is 0 Å². The fraction of sp³-hybridized carbons (Fsp3) is 0.333. The summed E-state index contributed by atoms with van der Waals surface area (Å²) in [6.07, 6.45) is 2.76. The zero-order valence-corrected chi connectivity index (χ0v) is 11.0. The lowest BCUT2D eigenvalue weighted by atomic mass is 9.96. The maximum Gasteiger partial charge on any atom is 0.140 e. The third-order valence-electron chi connectivity index (χ3n) is 2.72. The van der Waals surface area contributed by atoms with E-state index in [2.05, 4.69) is 51.3 Å². The molecule has 0 aliphatic carbocycles. The molecule has 0 saturated heterocycles. The maximum absolute atomic E-state index is 4.19. The van der Waals surface area contributed by atoms with Crippen LogP contribution in [0.2, 0.25) is 0 Å². The van der Waals surface area contributed by atoms with Gasteiger partial charge < -0.3 is 4.57 Å². The molecular formula is C12H14BrN3. The van der Waals surface area contributed by atoms with Crippen LogP contribution in [-0.4, -0.2) is 14.8 Å². The second kappa shape index (κ2) is 4.78. The summed E-state index contributed by atoms with van der Waals surface area (Å²) in [7, 11) is 1.98. The molecule has 0 bridgehead atoms. The number of benzene rings is 1. The zero-order valence-electron chi connectivity index (χ0n) is 9.39. The summed E-state index contributed by atoms with van der Waals surface area (Å²) in [5.41, 5.74) is 1.27. The fourth-order valence-corrected chi connectivity index (χ4v) is 2.32. The second-order valence-electron chi connectivity index (χ2n) is 3.82. The lowest BCUT2D eigenvalue weighted by Crippen LogP contribution is -2.06. The van der Waals surface area contributed by atoms with Gasteiger partial charge in [0.1, 0.15) is 12.2 Å². The van der Waals surface area contributed by atoms with Gasteiger partial charge in [0, 0.05) is 17.4 Å². The van der Waals surface area contributed by atoms with Crippen LogP contribution in [0.5, 0.6) is 0 Å². The molecule has 0 amide bonds. The Balaban J connectivity index is 2.40. The van der Waals surface area contributed by atoms with E-state index in [4.69, 9.17) is 0 Å². The molecule has 3 nitrogen and oxygen atoms in total. The van der Waals surface area contributed by atoms with Crippen LogP contribution in [0.1, 0.15) is 30.7 Å². The largest absolute Gasteiger partial charge is 0.320 e. The number of aryl methyl sites for hydroxylation is 1. The second-order valence-corrected chi connectivity index (χ2v) is 4.73. The summed E-state index contributed by atoms with van der Waals surface area (Å²) in [6.45, 7) is 2.17. The van der Waals surface area contributed by atoms with Gasteiger partial charge in [-0.25, -0.2) is 0 Å². The van der Waals surface area contributed by atoms with Gasteiger partial charge in [-0.05, 0) is 24.1 Å². The molecule has 2 rings (SSSR count). The Morgan fingerprint density at radius 3 is 2.81 bits per heavy atom. The van der Waals surface area contributed by atoms with Crippen LogP contribution in [0.3, 0.4) is 0 Å². The predicted molar refractivity (Wildman–Crippen MR) is 67.3 cm³/mol. The monoisotopic (exact) mass is 279 g/mol. The lowest BCUT2D eigenvalue weighted by Gasteiger charge is -2.14. The van der Waals surface area contributed by atoms with Crippen LogP contribution >= 0.6 is 15.9 Å². The van der Waals surface area contributed by atoms with Gasteiger partial charge in [0.25, 0.3) is 0 Å². The van der Waals surface area contributed by atoms with E-state index >= 15 is 0 Å². The van der Waals surface area contributed by atoms with E-state index < -0.39 is 0 Å². The van der Waals surface area contributed by atoms with Gasteiger partial charge in [-0.1, -0.05) is 35.0 Å². The molecule has 2 aromatic rings. The Bertz CT molecular complexity index is 479. The van der Waals surface area contributed by atoms with Crippen molar-refractivity contribution in [3.8, 4) is 0 Å². The highest BCUT2D eigenvalue weighted by Gasteiger charge is 2.16. The van der Waals surface area contributed by atoms with Gasteiger partial charge in [0.15, 0.2) is 0 Å². The molecule has 84 valence electrons. The summed E-state index contributed by atoms with van der Waals surface area (Å²) in [6, 6.07) is 8.36. The molecule has 0 aliphatic heterocycles. The van der Waals surface area contributed by atoms with E-state index in [-0.39, 0.29) is 0 Å². The molecule has 1 aromatic carbocycles. The number of aromatic nitrogens is 3. The molecular weight excluding hydrogens is 266 g/mol. The first-order chi connectivity index (χ1) is 7.72. The minimum Gasteiger partial charge on any atom is -0.320 e. The summed E-state index contributed by atoms with van der Waals surface area (Å²) in [4.78, 5) is 0. The van der Waals surface area contributed by atoms with Crippen molar-refractivity contribution in [3.63, 3.8) is 0 Å². The lowest BCUT2D eigenvalue weighted by molar-refractivity contribution is 0.671. The molecule has 1 aromatic heterocycles. The van der Waals surface area contributed by atoms with Crippen molar-refractivity contribution in [2.45, 2.75) is 19.3 Å². The fourth-order valence-electron chi connectivity index (χ4n) is 1.90. The molecule has 4 heteroatoms. The smallest absolute Gasteiger partial charge is 0.140 e. The normalized spacial score (nSPS) is 12.7. The number of nitrogens with zero attached hydrogens (tertiary/aromatic N) is 3. The van der Waals surface area contributed by atoms with E-state index in [0.29, 0.717) is 5.92 Å². The Hall–Kier alpha value is -1.16. The summed E-state index contributed by atoms with van der Waals surface area (Å²) in [5, 5.41) is 8.13. The van der Waals surface area contributed by atoms with Crippen molar-refractivity contribution in [2.24, 2.45) is 7.05 Å². The van der Waals surface area contributed by atoms with Crippen LogP contribution in [0.4, 0.5) is 0 Å². The first-order valence-electron chi connectivity index (χ1n) is 5.31. The quantitative estimate of drug-likeness (QED) is 0.864. The Labute approximate surface area is 104 Å². The Morgan fingerprint density at radius 1 is 1.44 bits per heavy atom. The molecule has 1 heterocycles. The topological polar surface area (TPSA) is 30.7 Å². The number of rotatable bonds is 3. The Kier molecular flexibility index (Phi) is 3.39. The zero-order chi connectivity index (χ0) is 11.5. The summed E-state index contributed by atoms with van der Waals surface area (Å²) < 4.78 is 3.08. The van der Waals surface area contributed by atoms with Crippen molar-refractivity contribution < 1.29 is 0 Å². The highest BCUT2D eigenvalue weighted by atomic mass is 79.9. The van der Waals surface area contributed by atoms with Gasteiger partial charge in [0.05, 0.1) is 0 Å². The molecule has 1 atom stereocenters. The van der Waals surface area contributed by atoms with Gasteiger partial charge in [-0.3, -0.25) is 0 Å². The Morgan fingerprint density at radius 2 is 2.25 bits per heavy atom. The van der Waals surface area contributed by atoms with E-state index in [9.17, 15) is 0 Å². The van der Waals surface area contributed by atoms with Crippen molar-refractivity contribution >= 4 is 15.9 Å². The van der Waals surface area contributed by atoms with Crippen LogP contribution in [0.25, 0.3) is 0 Å². The molecule has 0 aliphatic rings. The average molecular weight is 280 g/mol. The molecule has 0 fully saturated rings. The van der Waals surface area contributed by atoms with Gasteiger partial charge in [-0.15, -0.1) is 10.2 Å². The molecule has 0 N–H and O–H groups in total. The van der Waals surface area contributed by atoms with E-state index in [0.717, 1.165) is 16.7 Å². The molecule has 0 radical (unpaired) electrons. The molecule has 16 heavy (non-hydrogen) atoms. The van der Waals surface area contributed by atoms with Crippen molar-refractivity contribution in [1.29, 1.82) is 0 Å². The molecule has 0 unspecified atom stereocenters. The number of halogens is 1. The van der Waals surface area contributed by atoms with E-state index in [1.54, 1.807) is 6.33 Å². The summed E-state index contributed by atoms with van der Waals surface area (Å²) in [5.74, 6) is 1.32. The third-order valence-corrected chi connectivity index (χ3v) is 3.21. The standard InChI is InChI=1S/C12H14BrN3/c1-3-11(12-15-14-8-16(12)2)9-5-4-6-10(13)7-9/h4-8,11H,3H2,1-2H3/t11-/m0/s1. The van der Waals surface area contributed by atoms with E-state index in [1.165, 1.54) is 5.56 Å². The third kappa shape index (κ3) is 2.16. The average Bonchev–Trinajstić information content (AvgIpc) is 2.67. The maximum atomic E-state index is 4.19. The highest BCUT2D eigenvalue weighted by molar-refractivity contribution is 9.10. The molecule has 0 saturated carbocycles. The predicted octanol–water partition coefficient (Wildman–Crippen LogP) is 3.12. The minimum absolute atomic E-state index is 0.310. The molecule has 0 spiro atoms. The van der Waals surface area contributed by atoms with Crippen molar-refractivity contribution in [2.75, 3.05) is 0 Å². The van der Waals surface area contributed by atoms with Crippen LogP contribution < -0.4 is 0 Å². The minimum atomic E-state index is 0.310.